The lowest BCUT2D eigenvalue weighted by Gasteiger charge is -2.32. The first-order valence-electron chi connectivity index (χ1n) is 5.68. The molecule has 0 radical (unpaired) electrons. The van der Waals surface area contributed by atoms with Gasteiger partial charge in [-0.1, -0.05) is 0 Å². The fraction of sp³-hybridized carbons (Fsp3) is 0.385. The zero-order valence-electron chi connectivity index (χ0n) is 10.3. The molecule has 94 valence electrons. The molecule has 5 nitrogen and oxygen atoms in total. The average molecular weight is 246 g/mol. The van der Waals surface area contributed by atoms with Crippen molar-refractivity contribution in [2.45, 2.75) is 25.5 Å². The summed E-state index contributed by atoms with van der Waals surface area (Å²) in [6, 6.07) is 7.23. The number of esters is 1. The molecule has 1 aliphatic heterocycles. The highest BCUT2D eigenvalue weighted by molar-refractivity contribution is 5.90. The van der Waals surface area contributed by atoms with Gasteiger partial charge in [-0.2, -0.15) is 5.26 Å². The van der Waals surface area contributed by atoms with Crippen molar-refractivity contribution >= 4 is 11.7 Å². The minimum absolute atomic E-state index is 0.0566. The molecule has 1 aromatic carbocycles. The van der Waals surface area contributed by atoms with E-state index in [4.69, 9.17) is 10.00 Å². The SMILES string of the molecule is COC(=O)c1ccc2c(c1)OC(CC#N)C(C)N2. The molecule has 1 heterocycles. The first-order chi connectivity index (χ1) is 8.65. The van der Waals surface area contributed by atoms with Crippen LogP contribution in [0.25, 0.3) is 0 Å². The molecule has 0 fully saturated rings. The third-order valence-electron chi connectivity index (χ3n) is 2.91. The van der Waals surface area contributed by atoms with Crippen LogP contribution in [0.4, 0.5) is 5.69 Å². The molecule has 0 aliphatic carbocycles. The Morgan fingerprint density at radius 3 is 3.06 bits per heavy atom. The molecule has 0 bridgehead atoms. The monoisotopic (exact) mass is 246 g/mol. The number of carbonyl (C=O) groups is 1. The van der Waals surface area contributed by atoms with Crippen molar-refractivity contribution in [1.29, 1.82) is 5.26 Å². The van der Waals surface area contributed by atoms with Crippen LogP contribution in [0.5, 0.6) is 5.75 Å². The predicted octanol–water partition coefficient (Wildman–Crippen LogP) is 1.95. The van der Waals surface area contributed by atoms with E-state index in [1.54, 1.807) is 18.2 Å². The molecule has 0 saturated heterocycles. The fourth-order valence-corrected chi connectivity index (χ4v) is 1.90. The van der Waals surface area contributed by atoms with Gasteiger partial charge in [0.15, 0.2) is 0 Å². The Bertz CT molecular complexity index is 507. The number of hydrogen-bond donors (Lipinski definition) is 1. The van der Waals surface area contributed by atoms with Gasteiger partial charge < -0.3 is 14.8 Å². The van der Waals surface area contributed by atoms with Crippen molar-refractivity contribution < 1.29 is 14.3 Å². The number of anilines is 1. The summed E-state index contributed by atoms with van der Waals surface area (Å²) in [4.78, 5) is 11.4. The Kier molecular flexibility index (Phi) is 3.38. The molecule has 18 heavy (non-hydrogen) atoms. The zero-order valence-corrected chi connectivity index (χ0v) is 10.3. The van der Waals surface area contributed by atoms with Gasteiger partial charge in [0.1, 0.15) is 11.9 Å². The summed E-state index contributed by atoms with van der Waals surface area (Å²) >= 11 is 0. The molecule has 0 spiro atoms. The number of carbonyl (C=O) groups excluding carboxylic acids is 1. The lowest BCUT2D eigenvalue weighted by Crippen LogP contribution is -2.39. The summed E-state index contributed by atoms with van der Waals surface area (Å²) in [6.45, 7) is 1.96. The Labute approximate surface area is 105 Å². The fourth-order valence-electron chi connectivity index (χ4n) is 1.90. The lowest BCUT2D eigenvalue weighted by atomic mass is 10.1. The molecule has 0 amide bonds. The minimum Gasteiger partial charge on any atom is -0.485 e. The largest absolute Gasteiger partial charge is 0.485 e. The van der Waals surface area contributed by atoms with E-state index >= 15 is 0 Å². The van der Waals surface area contributed by atoms with Crippen LogP contribution in [0.1, 0.15) is 23.7 Å². The highest BCUT2D eigenvalue weighted by Crippen LogP contribution is 2.33. The second kappa shape index (κ2) is 4.96. The van der Waals surface area contributed by atoms with E-state index in [1.165, 1.54) is 7.11 Å². The topological polar surface area (TPSA) is 71.3 Å². The second-order valence-electron chi connectivity index (χ2n) is 4.15. The van der Waals surface area contributed by atoms with Crippen LogP contribution in [0, 0.1) is 11.3 Å². The first kappa shape index (κ1) is 12.2. The van der Waals surface area contributed by atoms with Crippen molar-refractivity contribution in [1.82, 2.24) is 0 Å². The highest BCUT2D eigenvalue weighted by Gasteiger charge is 2.26. The van der Waals surface area contributed by atoms with E-state index < -0.39 is 5.97 Å². The summed E-state index contributed by atoms with van der Waals surface area (Å²) in [5.41, 5.74) is 1.26. The smallest absolute Gasteiger partial charge is 0.337 e. The molecular weight excluding hydrogens is 232 g/mol. The number of ether oxygens (including phenoxy) is 2. The van der Waals surface area contributed by atoms with Crippen molar-refractivity contribution in [3.63, 3.8) is 0 Å². The quantitative estimate of drug-likeness (QED) is 0.807. The summed E-state index contributed by atoms with van der Waals surface area (Å²) < 4.78 is 10.4. The Balaban J connectivity index is 2.28. The van der Waals surface area contributed by atoms with Crippen molar-refractivity contribution in [3.05, 3.63) is 23.8 Å². The first-order valence-corrected chi connectivity index (χ1v) is 5.68. The van der Waals surface area contributed by atoms with Crippen LogP contribution in [0.3, 0.4) is 0 Å². The zero-order chi connectivity index (χ0) is 13.1. The van der Waals surface area contributed by atoms with Gasteiger partial charge in [-0.25, -0.2) is 4.79 Å². The summed E-state index contributed by atoms with van der Waals surface area (Å²) in [5, 5.41) is 12.0. The molecule has 0 aromatic heterocycles. The van der Waals surface area contributed by atoms with E-state index in [2.05, 4.69) is 16.1 Å². The maximum atomic E-state index is 11.4. The maximum absolute atomic E-state index is 11.4. The van der Waals surface area contributed by atoms with Gasteiger partial charge in [0, 0.05) is 0 Å². The number of nitrogens with one attached hydrogen (secondary N) is 1. The van der Waals surface area contributed by atoms with Crippen molar-refractivity contribution in [2.75, 3.05) is 12.4 Å². The number of hydrogen-bond acceptors (Lipinski definition) is 5. The van der Waals surface area contributed by atoms with E-state index in [0.717, 1.165) is 5.69 Å². The van der Waals surface area contributed by atoms with E-state index in [9.17, 15) is 4.79 Å². The number of rotatable bonds is 2. The molecule has 5 heteroatoms. The predicted molar refractivity (Wildman–Crippen MR) is 65.5 cm³/mol. The van der Waals surface area contributed by atoms with Crippen molar-refractivity contribution in [3.8, 4) is 11.8 Å². The highest BCUT2D eigenvalue weighted by atomic mass is 16.5. The van der Waals surface area contributed by atoms with Crippen LogP contribution < -0.4 is 10.1 Å². The molecule has 2 rings (SSSR count). The van der Waals surface area contributed by atoms with E-state index in [-0.39, 0.29) is 12.1 Å². The van der Waals surface area contributed by atoms with Gasteiger partial charge in [-0.05, 0) is 25.1 Å². The molecular formula is C13H14N2O3. The Morgan fingerprint density at radius 1 is 1.61 bits per heavy atom. The second-order valence-corrected chi connectivity index (χ2v) is 4.15. The summed E-state index contributed by atoms with van der Waals surface area (Å²) in [6.07, 6.45) is 0.0890. The normalized spacial score (nSPS) is 20.9. The average Bonchev–Trinajstić information content (AvgIpc) is 2.38. The van der Waals surface area contributed by atoms with E-state index in [0.29, 0.717) is 17.7 Å². The van der Waals surface area contributed by atoms with Gasteiger partial charge in [0.2, 0.25) is 0 Å². The molecule has 1 N–H and O–H groups in total. The number of fused-ring (bicyclic) bond motifs is 1. The number of benzene rings is 1. The molecule has 0 saturated carbocycles. The van der Waals surface area contributed by atoms with Gasteiger partial charge in [-0.15, -0.1) is 0 Å². The number of nitrogens with zero attached hydrogens (tertiary/aromatic N) is 1. The van der Waals surface area contributed by atoms with Gasteiger partial charge in [0.05, 0.1) is 36.9 Å². The van der Waals surface area contributed by atoms with Crippen LogP contribution in [-0.2, 0) is 4.74 Å². The van der Waals surface area contributed by atoms with Crippen molar-refractivity contribution in [2.24, 2.45) is 0 Å². The Hall–Kier alpha value is -2.22. The van der Waals surface area contributed by atoms with Gasteiger partial charge >= 0.3 is 5.97 Å². The molecule has 2 unspecified atom stereocenters. The van der Waals surface area contributed by atoms with Crippen LogP contribution >= 0.6 is 0 Å². The lowest BCUT2D eigenvalue weighted by molar-refractivity contribution is 0.0599. The van der Waals surface area contributed by atoms with Crippen LogP contribution in [0.15, 0.2) is 18.2 Å². The minimum atomic E-state index is -0.406. The van der Waals surface area contributed by atoms with Crippen LogP contribution in [0.2, 0.25) is 0 Å². The number of methoxy groups -OCH3 is 1. The standard InChI is InChI=1S/C13H14N2O3/c1-8-11(5-6-14)18-12-7-9(13(16)17-2)3-4-10(12)15-8/h3-4,7-8,11,15H,5H2,1-2H3. The van der Waals surface area contributed by atoms with Crippen LogP contribution in [-0.4, -0.2) is 25.2 Å². The third-order valence-corrected chi connectivity index (χ3v) is 2.91. The molecule has 1 aliphatic rings. The summed E-state index contributed by atoms with van der Waals surface area (Å²) in [7, 11) is 1.33. The molecule has 2 atom stereocenters. The maximum Gasteiger partial charge on any atom is 0.337 e. The number of nitriles is 1. The van der Waals surface area contributed by atoms with Gasteiger partial charge in [0.25, 0.3) is 0 Å². The van der Waals surface area contributed by atoms with Gasteiger partial charge in [-0.3, -0.25) is 0 Å². The van der Waals surface area contributed by atoms with E-state index in [1.807, 2.05) is 6.92 Å². The summed E-state index contributed by atoms with van der Waals surface area (Å²) in [5.74, 6) is 0.174. The molecule has 1 aromatic rings. The third kappa shape index (κ3) is 2.23. The Morgan fingerprint density at radius 2 is 2.39 bits per heavy atom.